The average Bonchev–Trinajstić information content (AvgIpc) is 2.69. The fourth-order valence-corrected chi connectivity index (χ4v) is 3.16. The first-order chi connectivity index (χ1) is 14.5. The maximum Gasteiger partial charge on any atom is 0.534 e. The van der Waals surface area contributed by atoms with Crippen molar-refractivity contribution in [3.63, 3.8) is 0 Å². The van der Waals surface area contributed by atoms with Gasteiger partial charge in [0.25, 0.3) is 0 Å². The van der Waals surface area contributed by atoms with Crippen LogP contribution in [-0.2, 0) is 10.1 Å². The summed E-state index contributed by atoms with van der Waals surface area (Å²) in [5, 5.41) is 11.0. The number of hydrogen-bond acceptors (Lipinski definition) is 4. The molecule has 0 aliphatic rings. The van der Waals surface area contributed by atoms with Gasteiger partial charge in [-0.2, -0.15) is 21.6 Å². The lowest BCUT2D eigenvalue weighted by Crippen LogP contribution is -2.28. The summed E-state index contributed by atoms with van der Waals surface area (Å²) in [6.45, 7) is 0. The summed E-state index contributed by atoms with van der Waals surface area (Å²) in [6, 6.07) is 16.6. The van der Waals surface area contributed by atoms with Crippen molar-refractivity contribution >= 4 is 31.7 Å². The minimum absolute atomic E-state index is 0.0599. The van der Waals surface area contributed by atoms with E-state index in [1.54, 1.807) is 18.2 Å². The predicted octanol–water partition coefficient (Wildman–Crippen LogP) is 5.89. The van der Waals surface area contributed by atoms with E-state index in [1.807, 2.05) is 6.07 Å². The Morgan fingerprint density at radius 3 is 1.84 bits per heavy atom. The van der Waals surface area contributed by atoms with Gasteiger partial charge in [-0.3, -0.25) is 0 Å². The Hall–Kier alpha value is -3.40. The SMILES string of the molecule is O=S(=O)(Oc1cccc2ccc(F)cc12)C(F)(F)F.Oc1cccc2ccc(F)cc12. The molecule has 0 aliphatic heterocycles. The van der Waals surface area contributed by atoms with Crippen LogP contribution in [0.5, 0.6) is 11.5 Å². The molecular weight excluding hydrogens is 443 g/mol. The van der Waals surface area contributed by atoms with Gasteiger partial charge in [-0.15, -0.1) is 0 Å². The topological polar surface area (TPSA) is 63.6 Å². The molecule has 0 spiro atoms. The molecule has 0 radical (unpaired) electrons. The molecule has 0 aromatic heterocycles. The van der Waals surface area contributed by atoms with Crippen LogP contribution in [-0.4, -0.2) is 19.0 Å². The van der Waals surface area contributed by atoms with Crippen molar-refractivity contribution in [2.24, 2.45) is 0 Å². The normalized spacial score (nSPS) is 11.8. The molecule has 0 saturated carbocycles. The van der Waals surface area contributed by atoms with Crippen LogP contribution in [0.15, 0.2) is 72.8 Å². The molecule has 0 atom stereocenters. The standard InChI is InChI=1S/C11H6F4O3S.C10H7FO/c12-8-5-4-7-2-1-3-10(9(7)6-8)18-19(16,17)11(13,14)15;11-8-5-4-7-2-1-3-10(12)9(7)6-8/h1-6H;1-6,12H. The lowest BCUT2D eigenvalue weighted by Gasteiger charge is -2.11. The summed E-state index contributed by atoms with van der Waals surface area (Å²) in [5.41, 5.74) is -5.54. The van der Waals surface area contributed by atoms with Crippen molar-refractivity contribution in [2.45, 2.75) is 5.51 Å². The Morgan fingerprint density at radius 2 is 1.26 bits per heavy atom. The minimum atomic E-state index is -5.78. The van der Waals surface area contributed by atoms with Gasteiger partial charge in [-0.05, 0) is 47.2 Å². The minimum Gasteiger partial charge on any atom is -0.507 e. The molecule has 0 aliphatic carbocycles. The van der Waals surface area contributed by atoms with Gasteiger partial charge in [-0.25, -0.2) is 8.78 Å². The van der Waals surface area contributed by atoms with Crippen molar-refractivity contribution in [2.75, 3.05) is 0 Å². The van der Waals surface area contributed by atoms with Crippen LogP contribution >= 0.6 is 0 Å². The first kappa shape index (κ1) is 22.3. The second kappa shape index (κ2) is 8.38. The third kappa shape index (κ3) is 5.02. The third-order valence-electron chi connectivity index (χ3n) is 4.11. The molecule has 4 aromatic rings. The zero-order valence-corrected chi connectivity index (χ0v) is 16.2. The largest absolute Gasteiger partial charge is 0.534 e. The Bertz CT molecular complexity index is 1350. The van der Waals surface area contributed by atoms with Crippen molar-refractivity contribution < 1.29 is 39.7 Å². The van der Waals surface area contributed by atoms with Gasteiger partial charge in [0.1, 0.15) is 17.4 Å². The predicted molar refractivity (Wildman–Crippen MR) is 105 cm³/mol. The van der Waals surface area contributed by atoms with E-state index in [2.05, 4.69) is 4.18 Å². The molecule has 4 nitrogen and oxygen atoms in total. The summed E-state index contributed by atoms with van der Waals surface area (Å²) in [7, 11) is -5.78. The summed E-state index contributed by atoms with van der Waals surface area (Å²) in [5.74, 6) is -1.50. The number of benzene rings is 4. The van der Waals surface area contributed by atoms with Gasteiger partial charge in [0.15, 0.2) is 5.75 Å². The highest BCUT2D eigenvalue weighted by Crippen LogP contribution is 2.32. The van der Waals surface area contributed by atoms with E-state index in [0.717, 1.165) is 23.6 Å². The fraction of sp³-hybridized carbons (Fsp3) is 0.0476. The average molecular weight is 456 g/mol. The van der Waals surface area contributed by atoms with Gasteiger partial charge in [0.05, 0.1) is 0 Å². The Labute approximate surface area is 173 Å². The van der Waals surface area contributed by atoms with Crippen molar-refractivity contribution in [3.05, 3.63) is 84.4 Å². The van der Waals surface area contributed by atoms with Gasteiger partial charge in [0.2, 0.25) is 0 Å². The van der Waals surface area contributed by atoms with Gasteiger partial charge >= 0.3 is 15.6 Å². The van der Waals surface area contributed by atoms with E-state index in [1.165, 1.54) is 30.3 Å². The monoisotopic (exact) mass is 456 g/mol. The Balaban J connectivity index is 0.000000194. The van der Waals surface area contributed by atoms with Crippen LogP contribution < -0.4 is 4.18 Å². The van der Waals surface area contributed by atoms with E-state index in [-0.39, 0.29) is 17.0 Å². The Kier molecular flexibility index (Phi) is 6.03. The molecular formula is C21H13F5O4S. The molecule has 0 saturated heterocycles. The number of alkyl halides is 3. The van der Waals surface area contributed by atoms with E-state index in [4.69, 9.17) is 0 Å². The molecule has 0 heterocycles. The molecule has 0 bridgehead atoms. The van der Waals surface area contributed by atoms with Crippen molar-refractivity contribution in [1.82, 2.24) is 0 Å². The second-order valence-electron chi connectivity index (χ2n) is 6.25. The lowest BCUT2D eigenvalue weighted by atomic mass is 10.1. The van der Waals surface area contributed by atoms with E-state index in [9.17, 15) is 35.5 Å². The van der Waals surface area contributed by atoms with Crippen molar-refractivity contribution in [3.8, 4) is 11.5 Å². The van der Waals surface area contributed by atoms with Gasteiger partial charge in [0, 0.05) is 10.8 Å². The van der Waals surface area contributed by atoms with Crippen LogP contribution in [0, 0.1) is 11.6 Å². The second-order valence-corrected chi connectivity index (χ2v) is 7.79. The first-order valence-corrected chi connectivity index (χ1v) is 9.95. The van der Waals surface area contributed by atoms with Crippen LogP contribution in [0.25, 0.3) is 21.5 Å². The lowest BCUT2D eigenvalue weighted by molar-refractivity contribution is -0.0499. The zero-order valence-electron chi connectivity index (χ0n) is 15.4. The molecule has 31 heavy (non-hydrogen) atoms. The van der Waals surface area contributed by atoms with E-state index in [0.29, 0.717) is 10.8 Å². The number of phenolic OH excluding ortho intramolecular Hbond substituents is 1. The molecule has 0 unspecified atom stereocenters. The summed E-state index contributed by atoms with van der Waals surface area (Å²) in [6.07, 6.45) is 0. The molecule has 0 fully saturated rings. The molecule has 10 heteroatoms. The smallest absolute Gasteiger partial charge is 0.507 e. The molecule has 1 N–H and O–H groups in total. The number of phenols is 1. The van der Waals surface area contributed by atoms with Crippen LogP contribution in [0.2, 0.25) is 0 Å². The molecule has 162 valence electrons. The molecule has 4 aromatic carbocycles. The van der Waals surface area contributed by atoms with E-state index >= 15 is 0 Å². The van der Waals surface area contributed by atoms with Crippen LogP contribution in [0.4, 0.5) is 22.0 Å². The van der Waals surface area contributed by atoms with E-state index < -0.39 is 27.2 Å². The maximum atomic E-state index is 13.1. The third-order valence-corrected chi connectivity index (χ3v) is 5.07. The summed E-state index contributed by atoms with van der Waals surface area (Å²) in [4.78, 5) is 0. The van der Waals surface area contributed by atoms with Crippen LogP contribution in [0.3, 0.4) is 0 Å². The fourth-order valence-electron chi connectivity index (χ4n) is 2.68. The Morgan fingerprint density at radius 1 is 0.742 bits per heavy atom. The highest BCUT2D eigenvalue weighted by atomic mass is 32.2. The first-order valence-electron chi connectivity index (χ1n) is 8.54. The quantitative estimate of drug-likeness (QED) is 0.232. The summed E-state index contributed by atoms with van der Waals surface area (Å²) < 4.78 is 88.2. The number of rotatable bonds is 2. The highest BCUT2D eigenvalue weighted by Gasteiger charge is 2.48. The number of aromatic hydroxyl groups is 1. The van der Waals surface area contributed by atoms with Crippen LogP contribution in [0.1, 0.15) is 0 Å². The highest BCUT2D eigenvalue weighted by molar-refractivity contribution is 7.88. The molecule has 0 amide bonds. The van der Waals surface area contributed by atoms with Crippen molar-refractivity contribution in [1.29, 1.82) is 0 Å². The van der Waals surface area contributed by atoms with Gasteiger partial charge < -0.3 is 9.29 Å². The molecule has 4 rings (SSSR count). The maximum absolute atomic E-state index is 13.1. The number of fused-ring (bicyclic) bond motifs is 2. The summed E-state index contributed by atoms with van der Waals surface area (Å²) >= 11 is 0. The number of hydrogen-bond donors (Lipinski definition) is 1. The zero-order chi connectivity index (χ0) is 22.8. The van der Waals surface area contributed by atoms with Gasteiger partial charge in [-0.1, -0.05) is 36.4 Å². The number of halogens is 5.